The molecule has 0 aromatic carbocycles. The molecule has 0 saturated carbocycles. The monoisotopic (exact) mass is 242 g/mol. The Labute approximate surface area is 81.9 Å². The number of halogens is 1. The van der Waals surface area contributed by atoms with E-state index in [-0.39, 0.29) is 5.56 Å². The second-order valence-corrected chi connectivity index (χ2v) is 3.41. The van der Waals surface area contributed by atoms with Crippen LogP contribution in [0.2, 0.25) is 0 Å². The number of nitrogens with one attached hydrogen (secondary N) is 1. The Morgan fingerprint density at radius 1 is 1.54 bits per heavy atom. The molecule has 0 aliphatic carbocycles. The van der Waals surface area contributed by atoms with Gasteiger partial charge in [-0.1, -0.05) is 0 Å². The van der Waals surface area contributed by atoms with Crippen molar-refractivity contribution in [2.24, 2.45) is 0 Å². The number of pyridine rings is 1. The van der Waals surface area contributed by atoms with Gasteiger partial charge in [0.15, 0.2) is 5.52 Å². The molecule has 2 rings (SSSR count). The molecule has 1 N–H and O–H groups in total. The van der Waals surface area contributed by atoms with Crippen LogP contribution in [0.15, 0.2) is 15.5 Å². The summed E-state index contributed by atoms with van der Waals surface area (Å²) in [6.07, 6.45) is 1.57. The normalized spacial score (nSPS) is 10.9. The van der Waals surface area contributed by atoms with Gasteiger partial charge in [-0.2, -0.15) is 9.90 Å². The van der Waals surface area contributed by atoms with Crippen LogP contribution in [-0.2, 0) is 6.54 Å². The fourth-order valence-corrected chi connectivity index (χ4v) is 1.45. The number of aromatic amines is 1. The molecule has 5 nitrogen and oxygen atoms in total. The van der Waals surface area contributed by atoms with E-state index in [1.54, 1.807) is 6.20 Å². The zero-order valence-corrected chi connectivity index (χ0v) is 8.50. The summed E-state index contributed by atoms with van der Waals surface area (Å²) in [4.78, 5) is 15.3. The standard InChI is InChI=1S/C7H7BrN4O/c1-2-12-10-5-4(8)3-9-7(13)6(5)11-12/h3H,2H2,1H3,(H,9,13). The van der Waals surface area contributed by atoms with Crippen LogP contribution in [0.1, 0.15) is 6.92 Å². The van der Waals surface area contributed by atoms with Gasteiger partial charge >= 0.3 is 0 Å². The fraction of sp³-hybridized carbons (Fsp3) is 0.286. The SMILES string of the molecule is CCn1nc2c(Br)c[nH]c(=O)c2n1. The molecule has 0 spiro atoms. The van der Waals surface area contributed by atoms with Crippen molar-refractivity contribution in [2.75, 3.05) is 0 Å². The Hall–Kier alpha value is -1.17. The summed E-state index contributed by atoms with van der Waals surface area (Å²) in [5.74, 6) is 0. The Bertz CT molecular complexity index is 501. The molecule has 0 bridgehead atoms. The molecule has 0 aliphatic rings. The van der Waals surface area contributed by atoms with Crippen molar-refractivity contribution < 1.29 is 0 Å². The minimum Gasteiger partial charge on any atom is -0.326 e. The predicted octanol–water partition coefficient (Wildman–Crippen LogP) is 0.902. The van der Waals surface area contributed by atoms with Crippen molar-refractivity contribution in [3.8, 4) is 0 Å². The first-order valence-electron chi connectivity index (χ1n) is 3.84. The summed E-state index contributed by atoms with van der Waals surface area (Å²) < 4.78 is 0.752. The van der Waals surface area contributed by atoms with Crippen LogP contribution in [-0.4, -0.2) is 20.0 Å². The summed E-state index contributed by atoms with van der Waals surface area (Å²) in [7, 11) is 0. The first kappa shape index (κ1) is 8.43. The third-order valence-electron chi connectivity index (χ3n) is 1.71. The van der Waals surface area contributed by atoms with Crippen LogP contribution in [0, 0.1) is 0 Å². The molecular formula is C7H7BrN4O. The van der Waals surface area contributed by atoms with E-state index in [0.717, 1.165) is 4.47 Å². The minimum atomic E-state index is -0.210. The lowest BCUT2D eigenvalue weighted by Crippen LogP contribution is -2.05. The van der Waals surface area contributed by atoms with E-state index >= 15 is 0 Å². The molecule has 0 amide bonds. The first-order chi connectivity index (χ1) is 6.22. The van der Waals surface area contributed by atoms with Crippen molar-refractivity contribution in [3.63, 3.8) is 0 Å². The van der Waals surface area contributed by atoms with Gasteiger partial charge in [-0.15, -0.1) is 5.10 Å². The third kappa shape index (κ3) is 1.27. The Kier molecular flexibility index (Phi) is 1.91. The highest BCUT2D eigenvalue weighted by Crippen LogP contribution is 2.15. The summed E-state index contributed by atoms with van der Waals surface area (Å²) in [5.41, 5.74) is 0.764. The van der Waals surface area contributed by atoms with E-state index in [0.29, 0.717) is 17.6 Å². The number of hydrogen-bond donors (Lipinski definition) is 1. The molecule has 13 heavy (non-hydrogen) atoms. The van der Waals surface area contributed by atoms with Gasteiger partial charge in [0.25, 0.3) is 5.56 Å². The molecule has 6 heteroatoms. The molecule has 0 atom stereocenters. The van der Waals surface area contributed by atoms with Crippen LogP contribution in [0.5, 0.6) is 0 Å². The molecule has 0 saturated heterocycles. The quantitative estimate of drug-likeness (QED) is 0.809. The number of rotatable bonds is 1. The van der Waals surface area contributed by atoms with Crippen LogP contribution in [0.25, 0.3) is 11.0 Å². The molecule has 0 aliphatic heterocycles. The van der Waals surface area contributed by atoms with Gasteiger partial charge in [-0.3, -0.25) is 4.79 Å². The second-order valence-electron chi connectivity index (χ2n) is 2.55. The number of H-pyrrole nitrogens is 1. The van der Waals surface area contributed by atoms with Crippen molar-refractivity contribution >= 4 is 27.0 Å². The maximum atomic E-state index is 11.3. The van der Waals surface area contributed by atoms with Gasteiger partial charge in [0.1, 0.15) is 5.52 Å². The van der Waals surface area contributed by atoms with Gasteiger partial charge in [0, 0.05) is 6.20 Å². The number of hydrogen-bond acceptors (Lipinski definition) is 3. The lowest BCUT2D eigenvalue weighted by atomic mass is 10.4. The molecule has 68 valence electrons. The van der Waals surface area contributed by atoms with Crippen molar-refractivity contribution in [1.29, 1.82) is 0 Å². The predicted molar refractivity (Wildman–Crippen MR) is 51.5 cm³/mol. The minimum absolute atomic E-state index is 0.210. The van der Waals surface area contributed by atoms with E-state index < -0.39 is 0 Å². The second kappa shape index (κ2) is 2.95. The van der Waals surface area contributed by atoms with Crippen LogP contribution in [0.4, 0.5) is 0 Å². The zero-order valence-electron chi connectivity index (χ0n) is 6.91. The molecule has 0 fully saturated rings. The lowest BCUT2D eigenvalue weighted by molar-refractivity contribution is 0.578. The third-order valence-corrected chi connectivity index (χ3v) is 2.31. The first-order valence-corrected chi connectivity index (χ1v) is 4.63. The molecule has 0 unspecified atom stereocenters. The highest BCUT2D eigenvalue weighted by molar-refractivity contribution is 9.10. The van der Waals surface area contributed by atoms with Crippen LogP contribution < -0.4 is 5.56 Å². The largest absolute Gasteiger partial charge is 0.326 e. The van der Waals surface area contributed by atoms with Crippen LogP contribution in [0.3, 0.4) is 0 Å². The van der Waals surface area contributed by atoms with Crippen molar-refractivity contribution in [3.05, 3.63) is 21.0 Å². The van der Waals surface area contributed by atoms with Gasteiger partial charge in [-0.05, 0) is 22.9 Å². The molecule has 0 radical (unpaired) electrons. The average molecular weight is 243 g/mol. The number of fused-ring (bicyclic) bond motifs is 1. The highest BCUT2D eigenvalue weighted by atomic mass is 79.9. The van der Waals surface area contributed by atoms with Crippen LogP contribution >= 0.6 is 15.9 Å². The molecule has 2 heterocycles. The van der Waals surface area contributed by atoms with E-state index in [9.17, 15) is 4.79 Å². The Morgan fingerprint density at radius 2 is 2.23 bits per heavy atom. The summed E-state index contributed by atoms with van der Waals surface area (Å²) in [6, 6.07) is 0. The van der Waals surface area contributed by atoms with E-state index in [4.69, 9.17) is 0 Å². The maximum Gasteiger partial charge on any atom is 0.278 e. The van der Waals surface area contributed by atoms with Gasteiger partial charge < -0.3 is 4.98 Å². The summed E-state index contributed by atoms with van der Waals surface area (Å²) in [6.45, 7) is 2.57. The van der Waals surface area contributed by atoms with E-state index in [1.807, 2.05) is 6.92 Å². The topological polar surface area (TPSA) is 63.6 Å². The lowest BCUT2D eigenvalue weighted by Gasteiger charge is -1.87. The Balaban J connectivity index is 2.88. The van der Waals surface area contributed by atoms with Gasteiger partial charge in [-0.25, -0.2) is 0 Å². The summed E-state index contributed by atoms with van der Waals surface area (Å²) in [5, 5.41) is 8.15. The number of aromatic nitrogens is 4. The number of aryl methyl sites for hydroxylation is 1. The smallest absolute Gasteiger partial charge is 0.278 e. The average Bonchev–Trinajstić information content (AvgIpc) is 2.56. The highest BCUT2D eigenvalue weighted by Gasteiger charge is 2.08. The fourth-order valence-electron chi connectivity index (χ4n) is 1.07. The van der Waals surface area contributed by atoms with Gasteiger partial charge in [0.2, 0.25) is 0 Å². The Morgan fingerprint density at radius 3 is 2.85 bits per heavy atom. The molecule has 2 aromatic rings. The van der Waals surface area contributed by atoms with Gasteiger partial charge in [0.05, 0.1) is 11.0 Å². The zero-order chi connectivity index (χ0) is 9.42. The maximum absolute atomic E-state index is 11.3. The van der Waals surface area contributed by atoms with E-state index in [2.05, 4.69) is 31.1 Å². The molecular weight excluding hydrogens is 236 g/mol. The van der Waals surface area contributed by atoms with Crippen molar-refractivity contribution in [2.45, 2.75) is 13.5 Å². The van der Waals surface area contributed by atoms with E-state index in [1.165, 1.54) is 4.80 Å². The summed E-state index contributed by atoms with van der Waals surface area (Å²) >= 11 is 3.29. The molecule has 2 aromatic heterocycles. The van der Waals surface area contributed by atoms with Crippen molar-refractivity contribution in [1.82, 2.24) is 20.0 Å². The number of nitrogens with zero attached hydrogens (tertiary/aromatic N) is 3.